The van der Waals surface area contributed by atoms with Crippen LogP contribution in [0.2, 0.25) is 0 Å². The highest BCUT2D eigenvalue weighted by Crippen LogP contribution is 2.45. The summed E-state index contributed by atoms with van der Waals surface area (Å²) in [6.07, 6.45) is -8.02. The molecule has 4 fully saturated rings. The number of pyridine rings is 1. The lowest BCUT2D eigenvalue weighted by molar-refractivity contribution is -0.143. The van der Waals surface area contributed by atoms with Gasteiger partial charge in [-0.25, -0.2) is 9.18 Å². The van der Waals surface area contributed by atoms with Gasteiger partial charge in [-0.1, -0.05) is 12.1 Å². The molecule has 2 aliphatic carbocycles. The van der Waals surface area contributed by atoms with E-state index < -0.39 is 59.4 Å². The number of rotatable bonds is 7. The molecule has 13 heteroatoms. The fourth-order valence-electron chi connectivity index (χ4n) is 7.20. The van der Waals surface area contributed by atoms with Gasteiger partial charge in [0.25, 0.3) is 0 Å². The Bertz CT molecular complexity index is 1680. The summed E-state index contributed by atoms with van der Waals surface area (Å²) in [5.41, 5.74) is -0.667. The molecule has 0 bridgehead atoms. The number of aliphatic hydroxyl groups is 1. The number of hydrogen-bond donors (Lipinski definition) is 1. The van der Waals surface area contributed by atoms with Crippen LogP contribution in [-0.4, -0.2) is 39.5 Å². The summed E-state index contributed by atoms with van der Waals surface area (Å²) in [6.45, 7) is 1.28. The maximum atomic E-state index is 15.6. The summed E-state index contributed by atoms with van der Waals surface area (Å²) in [7, 11) is 0. The lowest BCUT2D eigenvalue weighted by Gasteiger charge is -2.28. The van der Waals surface area contributed by atoms with Gasteiger partial charge in [0, 0.05) is 22.7 Å². The lowest BCUT2D eigenvalue weighted by Crippen LogP contribution is -2.32. The molecule has 4 atom stereocenters. The summed E-state index contributed by atoms with van der Waals surface area (Å²) in [5.74, 6) is 0.161. The van der Waals surface area contributed by atoms with Crippen LogP contribution in [-0.2, 0) is 28.4 Å². The Hall–Kier alpha value is -3.71. The zero-order valence-electron chi connectivity index (χ0n) is 25.8. The van der Waals surface area contributed by atoms with E-state index in [-0.39, 0.29) is 42.0 Å². The maximum absolute atomic E-state index is 15.6. The molecule has 2 saturated heterocycles. The van der Waals surface area contributed by atoms with Crippen molar-refractivity contribution >= 4 is 6.09 Å². The highest BCUT2D eigenvalue weighted by molar-refractivity contribution is 5.73. The first-order chi connectivity index (χ1) is 22.7. The number of nitrogens with zero attached hydrogens (tertiary/aromatic N) is 2. The van der Waals surface area contributed by atoms with Crippen LogP contribution in [0.3, 0.4) is 0 Å². The molecule has 2 aliphatic heterocycles. The summed E-state index contributed by atoms with van der Waals surface area (Å²) in [4.78, 5) is 19.2. The fraction of sp³-hybridized carbons (Fsp3) is 0.486. The molecule has 2 saturated carbocycles. The Morgan fingerprint density at radius 1 is 0.833 bits per heavy atom. The van der Waals surface area contributed by atoms with E-state index in [1.807, 2.05) is 6.07 Å². The van der Waals surface area contributed by atoms with Crippen LogP contribution >= 0.6 is 0 Å². The molecule has 1 aromatic heterocycles. The zero-order valence-corrected chi connectivity index (χ0v) is 25.8. The second-order valence-electron chi connectivity index (χ2n) is 13.4. The molecule has 6 nitrogen and oxygen atoms in total. The topological polar surface area (TPSA) is 75.2 Å². The number of halogens is 7. The average molecular weight is 679 g/mol. The molecule has 4 aliphatic rings. The van der Waals surface area contributed by atoms with E-state index in [1.54, 1.807) is 18.2 Å². The number of amides is 1. The molecule has 2 unspecified atom stereocenters. The summed E-state index contributed by atoms with van der Waals surface area (Å²) in [6, 6.07) is 8.72. The molecular weight excluding hydrogens is 645 g/mol. The second kappa shape index (κ2) is 12.0. The summed E-state index contributed by atoms with van der Waals surface area (Å²) in [5, 5.41) is 9.64. The number of epoxide rings is 1. The summed E-state index contributed by atoms with van der Waals surface area (Å²) >= 11 is 0. The van der Waals surface area contributed by atoms with Gasteiger partial charge in [-0.15, -0.1) is 0 Å². The predicted octanol–water partition coefficient (Wildman–Crippen LogP) is 8.88. The third-order valence-electron chi connectivity index (χ3n) is 10.1. The van der Waals surface area contributed by atoms with Crippen LogP contribution in [0.1, 0.15) is 97.0 Å². The normalized spacial score (nSPS) is 27.7. The van der Waals surface area contributed by atoms with Crippen LogP contribution in [0.25, 0.3) is 11.1 Å². The summed E-state index contributed by atoms with van der Waals surface area (Å²) < 4.78 is 108. The minimum absolute atomic E-state index is 0.0303. The number of carbonyl (C=O) groups is 1. The molecule has 2 aromatic carbocycles. The van der Waals surface area contributed by atoms with Gasteiger partial charge >= 0.3 is 18.4 Å². The predicted molar refractivity (Wildman–Crippen MR) is 158 cm³/mol. The van der Waals surface area contributed by atoms with E-state index in [9.17, 15) is 36.2 Å². The van der Waals surface area contributed by atoms with E-state index in [2.05, 4.69) is 0 Å². The number of aromatic nitrogens is 1. The number of benzene rings is 2. The Morgan fingerprint density at radius 3 is 2.04 bits per heavy atom. The molecule has 48 heavy (non-hydrogen) atoms. The van der Waals surface area contributed by atoms with Crippen LogP contribution in [0, 0.1) is 11.7 Å². The van der Waals surface area contributed by atoms with Gasteiger partial charge in [0.2, 0.25) is 0 Å². The molecule has 0 spiro atoms. The van der Waals surface area contributed by atoms with Crippen molar-refractivity contribution in [3.63, 3.8) is 0 Å². The van der Waals surface area contributed by atoms with Crippen molar-refractivity contribution in [3.05, 3.63) is 88.0 Å². The van der Waals surface area contributed by atoms with Crippen LogP contribution in [0.4, 0.5) is 35.5 Å². The maximum Gasteiger partial charge on any atom is 0.416 e. The van der Waals surface area contributed by atoms with E-state index in [0.29, 0.717) is 23.4 Å². The number of hydrogen-bond acceptors (Lipinski definition) is 5. The van der Waals surface area contributed by atoms with Crippen LogP contribution in [0.15, 0.2) is 48.5 Å². The SMILES string of the molecule is C[C@H]1[C@@H](c2cc(C(F)(F)F)cc(C(F)(F)F)c2)OC(=O)N1Cc1nc(C2CC2)ccc1-c1cc(C2CCC(C3OC3O)CC2)ccc1F. The molecule has 256 valence electrons. The van der Waals surface area contributed by atoms with Gasteiger partial charge in [0.1, 0.15) is 18.0 Å². The van der Waals surface area contributed by atoms with Crippen molar-refractivity contribution in [2.24, 2.45) is 5.92 Å². The molecule has 3 aromatic rings. The van der Waals surface area contributed by atoms with Gasteiger partial charge in [0.05, 0.1) is 29.4 Å². The fourth-order valence-corrected chi connectivity index (χ4v) is 7.20. The van der Waals surface area contributed by atoms with Crippen molar-refractivity contribution in [1.29, 1.82) is 0 Å². The number of carbonyl (C=O) groups excluding carboxylic acids is 1. The molecule has 3 heterocycles. The molecule has 7 rings (SSSR count). The van der Waals surface area contributed by atoms with E-state index >= 15 is 4.39 Å². The largest absolute Gasteiger partial charge is 0.439 e. The number of alkyl halides is 6. The van der Waals surface area contributed by atoms with Gasteiger partial charge in [-0.05, 0) is 105 Å². The highest BCUT2D eigenvalue weighted by Gasteiger charge is 2.45. The zero-order chi connectivity index (χ0) is 34.1. The van der Waals surface area contributed by atoms with Crippen LogP contribution in [0.5, 0.6) is 0 Å². The van der Waals surface area contributed by atoms with Crippen LogP contribution < -0.4 is 0 Å². The first-order valence-electron chi connectivity index (χ1n) is 16.1. The number of ether oxygens (including phenoxy) is 2. The standard InChI is InChI=1S/C35H33F7N2O4/c1-17-30(22-12-23(34(37,38)39)15-24(13-22)35(40,41)42)48-33(46)44(17)16-29-25(9-11-28(43-29)19-4-5-19)26-14-21(8-10-27(26)36)18-2-6-20(7-3-18)31-32(45)47-31/h8-15,17-20,30-32,45H,2-7,16H2,1H3/t17-,18?,20?,30-,31?,32?/m0/s1. The quantitative estimate of drug-likeness (QED) is 0.200. The Labute approximate surface area is 271 Å². The third kappa shape index (κ3) is 6.50. The lowest BCUT2D eigenvalue weighted by atomic mass is 9.77. The molecule has 1 amide bonds. The van der Waals surface area contributed by atoms with Crippen molar-refractivity contribution in [3.8, 4) is 11.1 Å². The third-order valence-corrected chi connectivity index (χ3v) is 10.1. The smallest absolute Gasteiger partial charge is 0.416 e. The van der Waals surface area contributed by atoms with Crippen molar-refractivity contribution in [1.82, 2.24) is 9.88 Å². The van der Waals surface area contributed by atoms with Gasteiger partial charge in [-0.2, -0.15) is 26.3 Å². The van der Waals surface area contributed by atoms with E-state index in [4.69, 9.17) is 14.5 Å². The Balaban J connectivity index is 1.18. The van der Waals surface area contributed by atoms with Gasteiger partial charge < -0.3 is 14.6 Å². The first-order valence-corrected chi connectivity index (χ1v) is 16.1. The van der Waals surface area contributed by atoms with Crippen molar-refractivity contribution in [2.75, 3.05) is 0 Å². The van der Waals surface area contributed by atoms with Crippen molar-refractivity contribution in [2.45, 2.75) is 101 Å². The minimum atomic E-state index is -5.06. The highest BCUT2D eigenvalue weighted by atomic mass is 19.4. The average Bonchev–Trinajstić information content (AvgIpc) is 3.98. The number of aliphatic hydroxyl groups excluding tert-OH is 1. The monoisotopic (exact) mass is 678 g/mol. The Kier molecular flexibility index (Phi) is 8.21. The first kappa shape index (κ1) is 32.8. The second-order valence-corrected chi connectivity index (χ2v) is 13.4. The minimum Gasteiger partial charge on any atom is -0.439 e. The number of cyclic esters (lactones) is 1. The Morgan fingerprint density at radius 2 is 1.46 bits per heavy atom. The molecular formula is C35H33F7N2O4. The van der Waals surface area contributed by atoms with Crippen molar-refractivity contribution < 1.29 is 50.1 Å². The van der Waals surface area contributed by atoms with Gasteiger partial charge in [0.15, 0.2) is 6.29 Å². The van der Waals surface area contributed by atoms with Gasteiger partial charge in [-0.3, -0.25) is 9.88 Å². The van der Waals surface area contributed by atoms with E-state index in [1.165, 1.54) is 17.9 Å². The van der Waals surface area contributed by atoms with E-state index in [0.717, 1.165) is 49.8 Å². The molecule has 0 radical (unpaired) electrons. The molecule has 1 N–H and O–H groups in total.